The lowest BCUT2D eigenvalue weighted by molar-refractivity contribution is 0.0175. The monoisotopic (exact) mass is 114 g/mol. The summed E-state index contributed by atoms with van der Waals surface area (Å²) in [6.07, 6.45) is 0.811. The zero-order valence-electron chi connectivity index (χ0n) is 5.64. The summed E-state index contributed by atoms with van der Waals surface area (Å²) in [4.78, 5) is 1.87. The second-order valence-electron chi connectivity index (χ2n) is 1.94. The normalized spacial score (nSPS) is 14.6. The maximum atomic E-state index is 6.55. The van der Waals surface area contributed by atoms with Gasteiger partial charge in [-0.1, -0.05) is 6.92 Å². The second kappa shape index (κ2) is 3.87. The van der Waals surface area contributed by atoms with Crippen molar-refractivity contribution in [2.24, 2.45) is 0 Å². The Balaban J connectivity index is 3.35. The van der Waals surface area contributed by atoms with Gasteiger partial charge in [0.2, 0.25) is 0 Å². The number of ether oxygens (including phenoxy) is 1. The van der Waals surface area contributed by atoms with E-state index in [1.165, 1.54) is 0 Å². The van der Waals surface area contributed by atoms with Gasteiger partial charge in [-0.2, -0.15) is 0 Å². The van der Waals surface area contributed by atoms with Crippen LogP contribution >= 0.6 is 0 Å². The molecule has 1 unspecified atom stereocenters. The summed E-state index contributed by atoms with van der Waals surface area (Å²) in [6.45, 7) is 1.99. The van der Waals surface area contributed by atoms with Crippen LogP contribution < -0.4 is 0 Å². The molecule has 0 aromatic heterocycles. The molecule has 0 aliphatic carbocycles. The van der Waals surface area contributed by atoms with E-state index < -0.39 is 0 Å². The molecule has 0 aromatic carbocycles. The lowest BCUT2D eigenvalue weighted by Crippen LogP contribution is -2.27. The minimum atomic E-state index is -0.0463. The zero-order chi connectivity index (χ0) is 6.57. The van der Waals surface area contributed by atoms with Crippen molar-refractivity contribution >= 4 is 0 Å². The van der Waals surface area contributed by atoms with Gasteiger partial charge in [0.05, 0.1) is 0 Å². The first kappa shape index (κ1) is 7.92. The number of nitrogens with zero attached hydrogens (tertiary/aromatic N) is 1. The Morgan fingerprint density at radius 3 is 2.12 bits per heavy atom. The van der Waals surface area contributed by atoms with Crippen molar-refractivity contribution in [3.8, 4) is 0 Å². The molecule has 0 bridgehead atoms. The van der Waals surface area contributed by atoms with Gasteiger partial charge >= 0.3 is 0 Å². The zero-order valence-corrected chi connectivity index (χ0v) is 5.64. The quantitative estimate of drug-likeness (QED) is 0.504. The van der Waals surface area contributed by atoms with Gasteiger partial charge in [0, 0.05) is 0 Å². The van der Waals surface area contributed by atoms with Crippen LogP contribution in [0.3, 0.4) is 0 Å². The first-order valence-electron chi connectivity index (χ1n) is 2.71. The van der Waals surface area contributed by atoms with E-state index in [-0.39, 0.29) is 6.23 Å². The highest BCUT2D eigenvalue weighted by molar-refractivity contribution is 4.48. The fourth-order valence-electron chi connectivity index (χ4n) is 0.554. The van der Waals surface area contributed by atoms with Gasteiger partial charge in [-0.3, -0.25) is 4.90 Å². The van der Waals surface area contributed by atoms with Crippen LogP contribution in [-0.2, 0) is 4.74 Å². The van der Waals surface area contributed by atoms with Gasteiger partial charge < -0.3 is 4.74 Å². The van der Waals surface area contributed by atoms with E-state index in [1.807, 2.05) is 25.9 Å². The standard InChI is InChI=1S/C6H12NO/c1-5-6(8-4)7(2)3/h6H,5H2,1-3H3. The van der Waals surface area contributed by atoms with E-state index in [2.05, 4.69) is 4.74 Å². The Kier molecular flexibility index (Phi) is 3.83. The molecule has 0 aliphatic rings. The van der Waals surface area contributed by atoms with Crippen LogP contribution in [-0.4, -0.2) is 25.2 Å². The topological polar surface area (TPSA) is 12.5 Å². The first-order valence-corrected chi connectivity index (χ1v) is 2.71. The van der Waals surface area contributed by atoms with Crippen molar-refractivity contribution < 1.29 is 4.74 Å². The van der Waals surface area contributed by atoms with Crippen molar-refractivity contribution in [3.63, 3.8) is 0 Å². The van der Waals surface area contributed by atoms with Gasteiger partial charge in [-0.15, -0.1) is 0 Å². The van der Waals surface area contributed by atoms with Crippen LogP contribution in [0.2, 0.25) is 0 Å². The van der Waals surface area contributed by atoms with E-state index in [0.717, 1.165) is 6.42 Å². The molecule has 0 aromatic rings. The molecular formula is C6H12NO. The van der Waals surface area contributed by atoms with Crippen LogP contribution in [0.4, 0.5) is 0 Å². The van der Waals surface area contributed by atoms with E-state index in [4.69, 9.17) is 7.11 Å². The summed E-state index contributed by atoms with van der Waals surface area (Å²) in [5.41, 5.74) is 0. The highest BCUT2D eigenvalue weighted by Crippen LogP contribution is 1.97. The molecule has 0 heterocycles. The Labute approximate surface area is 51.4 Å². The Morgan fingerprint density at radius 2 is 2.12 bits per heavy atom. The predicted molar refractivity (Wildman–Crippen MR) is 32.1 cm³/mol. The van der Waals surface area contributed by atoms with Crippen LogP contribution in [0.25, 0.3) is 0 Å². The largest absolute Gasteiger partial charge is 0.347 e. The third kappa shape index (κ3) is 2.28. The molecule has 0 amide bonds. The van der Waals surface area contributed by atoms with Gasteiger partial charge in [0.25, 0.3) is 0 Å². The molecule has 0 N–H and O–H groups in total. The average Bonchev–Trinajstić information content (AvgIpc) is 1.69. The van der Waals surface area contributed by atoms with Gasteiger partial charge in [0.15, 0.2) is 7.11 Å². The molecule has 0 saturated carbocycles. The van der Waals surface area contributed by atoms with E-state index in [1.54, 1.807) is 0 Å². The maximum absolute atomic E-state index is 6.55. The van der Waals surface area contributed by atoms with Crippen molar-refractivity contribution in [2.75, 3.05) is 14.1 Å². The summed E-state index contributed by atoms with van der Waals surface area (Å²) in [7, 11) is 10.3. The van der Waals surface area contributed by atoms with E-state index >= 15 is 0 Å². The Bertz CT molecular complexity index is 50.5. The average molecular weight is 114 g/mol. The fourth-order valence-corrected chi connectivity index (χ4v) is 0.554. The molecule has 2 nitrogen and oxygen atoms in total. The van der Waals surface area contributed by atoms with Gasteiger partial charge in [-0.25, -0.2) is 0 Å². The van der Waals surface area contributed by atoms with Gasteiger partial charge in [0.1, 0.15) is 6.23 Å². The van der Waals surface area contributed by atoms with Gasteiger partial charge in [-0.05, 0) is 20.5 Å². The molecular weight excluding hydrogens is 102 g/mol. The summed E-state index contributed by atoms with van der Waals surface area (Å²) in [6, 6.07) is 0. The molecule has 0 saturated heterocycles. The number of rotatable bonds is 3. The molecule has 0 fully saturated rings. The van der Waals surface area contributed by atoms with Crippen LogP contribution in [0.15, 0.2) is 0 Å². The third-order valence-electron chi connectivity index (χ3n) is 1.06. The number of hydrogen-bond donors (Lipinski definition) is 0. The molecule has 3 radical (unpaired) electrons. The summed E-state index contributed by atoms with van der Waals surface area (Å²) >= 11 is 0. The Morgan fingerprint density at radius 1 is 1.62 bits per heavy atom. The molecule has 8 heavy (non-hydrogen) atoms. The highest BCUT2D eigenvalue weighted by atomic mass is 16.5. The third-order valence-corrected chi connectivity index (χ3v) is 1.06. The van der Waals surface area contributed by atoms with E-state index in [0.29, 0.717) is 0 Å². The van der Waals surface area contributed by atoms with Crippen molar-refractivity contribution in [3.05, 3.63) is 7.11 Å². The lowest BCUT2D eigenvalue weighted by atomic mass is 10.4. The molecule has 2 heteroatoms. The predicted octanol–water partition coefficient (Wildman–Crippen LogP) is 0.846. The minimum Gasteiger partial charge on any atom is -0.347 e. The minimum absolute atomic E-state index is 0.0463. The lowest BCUT2D eigenvalue weighted by Gasteiger charge is -2.19. The number of hydrogen-bond acceptors (Lipinski definition) is 2. The summed E-state index contributed by atoms with van der Waals surface area (Å²) < 4.78 is 4.34. The highest BCUT2D eigenvalue weighted by Gasteiger charge is 2.04. The molecule has 1 atom stereocenters. The van der Waals surface area contributed by atoms with Crippen molar-refractivity contribution in [2.45, 2.75) is 19.6 Å². The smallest absolute Gasteiger partial charge is 0.175 e. The second-order valence-corrected chi connectivity index (χ2v) is 1.94. The fraction of sp³-hybridized carbons (Fsp3) is 0.833. The molecule has 0 aliphatic heterocycles. The SMILES string of the molecule is [C]OC(CC)N(C)C. The maximum Gasteiger partial charge on any atom is 0.175 e. The van der Waals surface area contributed by atoms with Crippen LogP contribution in [0, 0.1) is 7.11 Å². The van der Waals surface area contributed by atoms with Crippen LogP contribution in [0.1, 0.15) is 13.3 Å². The van der Waals surface area contributed by atoms with Crippen molar-refractivity contribution in [1.29, 1.82) is 0 Å². The van der Waals surface area contributed by atoms with Crippen molar-refractivity contribution in [1.82, 2.24) is 4.90 Å². The summed E-state index contributed by atoms with van der Waals surface area (Å²) in [5, 5.41) is 0. The molecule has 0 spiro atoms. The Hall–Kier alpha value is -0.0800. The van der Waals surface area contributed by atoms with Crippen LogP contribution in [0.5, 0.6) is 0 Å². The molecule has 0 rings (SSSR count). The first-order chi connectivity index (χ1) is 3.72. The van der Waals surface area contributed by atoms with E-state index in [9.17, 15) is 0 Å². The summed E-state index contributed by atoms with van der Waals surface area (Å²) in [5.74, 6) is 0. The molecule has 47 valence electrons.